The molecule has 1 radical (unpaired) electrons. The summed E-state index contributed by atoms with van der Waals surface area (Å²) in [5, 5.41) is 4.30. The van der Waals surface area contributed by atoms with Gasteiger partial charge in [-0.1, -0.05) is 0 Å². The summed E-state index contributed by atoms with van der Waals surface area (Å²) in [6, 6.07) is -0.398. The van der Waals surface area contributed by atoms with Gasteiger partial charge in [0.05, 0.1) is 6.54 Å². The summed E-state index contributed by atoms with van der Waals surface area (Å²) >= 11 is 0. The SMILES string of the molecule is O=C1CNC(=O)N1.[Ag]. The molecule has 0 unspecified atom stereocenters. The Kier molecular flexibility index (Phi) is 2.75. The van der Waals surface area contributed by atoms with E-state index in [2.05, 4.69) is 5.32 Å². The molecule has 8 heavy (non-hydrogen) atoms. The summed E-state index contributed by atoms with van der Waals surface area (Å²) in [6.45, 7) is 0.124. The van der Waals surface area contributed by atoms with Crippen molar-refractivity contribution in [3.63, 3.8) is 0 Å². The molecule has 1 heterocycles. The van der Waals surface area contributed by atoms with Gasteiger partial charge in [-0.25, -0.2) is 4.79 Å². The molecule has 1 fully saturated rings. The van der Waals surface area contributed by atoms with Gasteiger partial charge in [0.25, 0.3) is 0 Å². The van der Waals surface area contributed by atoms with Crippen LogP contribution in [0.2, 0.25) is 0 Å². The molecule has 1 rings (SSSR count). The molecular formula is C3H4AgN2O2. The predicted molar refractivity (Wildman–Crippen MR) is 21.5 cm³/mol. The van der Waals surface area contributed by atoms with Crippen molar-refractivity contribution >= 4 is 11.9 Å². The molecule has 0 aliphatic carbocycles. The predicted octanol–water partition coefficient (Wildman–Crippen LogP) is -1.18. The minimum atomic E-state index is -0.398. The minimum absolute atomic E-state index is 0. The third-order valence-corrected chi connectivity index (χ3v) is 0.662. The van der Waals surface area contributed by atoms with Gasteiger partial charge in [-0.05, 0) is 0 Å². The van der Waals surface area contributed by atoms with E-state index >= 15 is 0 Å². The number of nitrogens with one attached hydrogen (secondary N) is 2. The van der Waals surface area contributed by atoms with Crippen LogP contribution < -0.4 is 10.6 Å². The summed E-state index contributed by atoms with van der Waals surface area (Å²) in [5.74, 6) is -0.259. The van der Waals surface area contributed by atoms with Gasteiger partial charge in [0, 0.05) is 22.4 Å². The summed E-state index contributed by atoms with van der Waals surface area (Å²) in [4.78, 5) is 20.1. The standard InChI is InChI=1S/C3H4N2O2.Ag/c6-2-1-4-3(7)5-2;/h1H2,(H2,4,5,6,7);. The molecule has 5 heteroatoms. The van der Waals surface area contributed by atoms with Gasteiger partial charge in [0.1, 0.15) is 0 Å². The topological polar surface area (TPSA) is 58.2 Å². The molecule has 0 spiro atoms. The van der Waals surface area contributed by atoms with Crippen LogP contribution in [0, 0.1) is 0 Å². The fraction of sp³-hybridized carbons (Fsp3) is 0.333. The van der Waals surface area contributed by atoms with Gasteiger partial charge >= 0.3 is 6.03 Å². The molecule has 0 aromatic heterocycles. The zero-order valence-electron chi connectivity index (χ0n) is 3.83. The molecule has 0 saturated carbocycles. The van der Waals surface area contributed by atoms with Gasteiger partial charge in [0.2, 0.25) is 5.91 Å². The second kappa shape index (κ2) is 2.86. The van der Waals surface area contributed by atoms with Crippen LogP contribution in [0.5, 0.6) is 0 Å². The first kappa shape index (κ1) is 7.68. The molecule has 0 atom stereocenters. The summed E-state index contributed by atoms with van der Waals surface area (Å²) in [6.07, 6.45) is 0. The maximum atomic E-state index is 10.1. The van der Waals surface area contributed by atoms with Crippen LogP contribution in [0.1, 0.15) is 0 Å². The van der Waals surface area contributed by atoms with E-state index in [9.17, 15) is 9.59 Å². The minimum Gasteiger partial charge on any atom is -0.329 e. The van der Waals surface area contributed by atoms with Crippen LogP contribution in [-0.4, -0.2) is 18.5 Å². The average molecular weight is 208 g/mol. The van der Waals surface area contributed by atoms with E-state index in [1.807, 2.05) is 5.32 Å². The zero-order chi connectivity index (χ0) is 5.28. The number of hydrogen-bond donors (Lipinski definition) is 2. The first-order chi connectivity index (χ1) is 3.29. The Bertz CT molecular complexity index is 110. The fourth-order valence-corrected chi connectivity index (χ4v) is 0.376. The fourth-order valence-electron chi connectivity index (χ4n) is 0.376. The second-order valence-electron chi connectivity index (χ2n) is 1.23. The van der Waals surface area contributed by atoms with Crippen molar-refractivity contribution in [3.05, 3.63) is 0 Å². The average Bonchev–Trinajstić information content (AvgIpc) is 1.87. The maximum Gasteiger partial charge on any atom is 0.321 e. The van der Waals surface area contributed by atoms with Gasteiger partial charge in [-0.2, -0.15) is 0 Å². The second-order valence-corrected chi connectivity index (χ2v) is 1.23. The van der Waals surface area contributed by atoms with Crippen LogP contribution in [0.25, 0.3) is 0 Å². The van der Waals surface area contributed by atoms with Crippen molar-refractivity contribution in [2.45, 2.75) is 0 Å². The van der Waals surface area contributed by atoms with E-state index < -0.39 is 6.03 Å². The van der Waals surface area contributed by atoms with Crippen LogP contribution in [0.15, 0.2) is 0 Å². The van der Waals surface area contributed by atoms with Crippen LogP contribution in [-0.2, 0) is 27.2 Å². The van der Waals surface area contributed by atoms with Crippen LogP contribution >= 0.6 is 0 Å². The van der Waals surface area contributed by atoms with E-state index in [-0.39, 0.29) is 34.8 Å². The number of amides is 3. The number of rotatable bonds is 0. The Labute approximate surface area is 61.5 Å². The third kappa shape index (κ3) is 1.65. The van der Waals surface area contributed by atoms with Crippen molar-refractivity contribution in [2.75, 3.05) is 6.54 Å². The van der Waals surface area contributed by atoms with Crippen molar-refractivity contribution in [1.29, 1.82) is 0 Å². The molecule has 0 bridgehead atoms. The van der Waals surface area contributed by atoms with Gasteiger partial charge in [-0.15, -0.1) is 0 Å². The van der Waals surface area contributed by atoms with Gasteiger partial charge in [-0.3, -0.25) is 10.1 Å². The van der Waals surface area contributed by atoms with Crippen molar-refractivity contribution in [3.8, 4) is 0 Å². The van der Waals surface area contributed by atoms with E-state index in [4.69, 9.17) is 0 Å². The first-order valence-electron chi connectivity index (χ1n) is 1.87. The number of imide groups is 1. The smallest absolute Gasteiger partial charge is 0.321 e. The number of hydrogen-bond acceptors (Lipinski definition) is 2. The molecular weight excluding hydrogens is 204 g/mol. The maximum absolute atomic E-state index is 10.1. The molecule has 4 nitrogen and oxygen atoms in total. The zero-order valence-corrected chi connectivity index (χ0v) is 5.31. The Morgan fingerprint density at radius 1 is 1.38 bits per heavy atom. The Balaban J connectivity index is 0.000000490. The van der Waals surface area contributed by atoms with E-state index in [0.29, 0.717) is 0 Å². The van der Waals surface area contributed by atoms with E-state index in [0.717, 1.165) is 0 Å². The molecule has 3 amide bonds. The van der Waals surface area contributed by atoms with E-state index in [1.165, 1.54) is 0 Å². The molecule has 1 aliphatic heterocycles. The third-order valence-electron chi connectivity index (χ3n) is 0.662. The molecule has 2 N–H and O–H groups in total. The molecule has 0 aromatic carbocycles. The summed E-state index contributed by atoms with van der Waals surface area (Å²) in [5.41, 5.74) is 0. The van der Waals surface area contributed by atoms with E-state index in [1.54, 1.807) is 0 Å². The summed E-state index contributed by atoms with van der Waals surface area (Å²) < 4.78 is 0. The summed E-state index contributed by atoms with van der Waals surface area (Å²) in [7, 11) is 0. The van der Waals surface area contributed by atoms with Crippen LogP contribution in [0.4, 0.5) is 4.79 Å². The monoisotopic (exact) mass is 207 g/mol. The first-order valence-corrected chi connectivity index (χ1v) is 1.87. The molecule has 0 aromatic rings. The molecule has 49 valence electrons. The van der Waals surface area contributed by atoms with Crippen molar-refractivity contribution < 1.29 is 32.0 Å². The van der Waals surface area contributed by atoms with Crippen molar-refractivity contribution in [1.82, 2.24) is 10.6 Å². The van der Waals surface area contributed by atoms with Gasteiger partial charge in [0.15, 0.2) is 0 Å². The normalized spacial score (nSPS) is 16.5. The molecule has 1 saturated heterocycles. The quantitative estimate of drug-likeness (QED) is 0.389. The number of urea groups is 1. The number of carbonyl (C=O) groups is 2. The number of carbonyl (C=O) groups excluding carboxylic acids is 2. The Morgan fingerprint density at radius 3 is 2.12 bits per heavy atom. The Morgan fingerprint density at radius 2 is 2.00 bits per heavy atom. The van der Waals surface area contributed by atoms with Crippen LogP contribution in [0.3, 0.4) is 0 Å². The Hall–Kier alpha value is -0.320. The largest absolute Gasteiger partial charge is 0.329 e. The van der Waals surface area contributed by atoms with Crippen molar-refractivity contribution in [2.24, 2.45) is 0 Å². The molecule has 1 aliphatic rings. The van der Waals surface area contributed by atoms with Gasteiger partial charge < -0.3 is 5.32 Å².